The van der Waals surface area contributed by atoms with E-state index in [9.17, 15) is 38.7 Å². The maximum atomic E-state index is 15.4. The predicted molar refractivity (Wildman–Crippen MR) is 545 cm³/mol. The molecule has 147 heavy (non-hydrogen) atoms. The number of amides is 15. The minimum absolute atomic E-state index is 0.0115. The summed E-state index contributed by atoms with van der Waals surface area (Å²) in [5.41, 5.74) is 46.2. The molecule has 6 fully saturated rings. The van der Waals surface area contributed by atoms with Crippen LogP contribution in [0.3, 0.4) is 0 Å². The molecule has 6 aliphatic rings. The van der Waals surface area contributed by atoms with Gasteiger partial charge in [-0.2, -0.15) is 0 Å². The van der Waals surface area contributed by atoms with Gasteiger partial charge in [0.15, 0.2) is 41.7 Å². The van der Waals surface area contributed by atoms with Crippen LogP contribution in [0.2, 0.25) is 0 Å². The molecule has 0 radical (unpaired) electrons. The monoisotopic (exact) mass is 2070 g/mol. The van der Waals surface area contributed by atoms with Crippen molar-refractivity contribution in [2.24, 2.45) is 57.7 Å². The number of hydrogen-bond acceptors (Lipinski definition) is 24. The Kier molecular flexibility index (Phi) is 49.2. The summed E-state index contributed by atoms with van der Waals surface area (Å²) < 4.78 is 0. The summed E-state index contributed by atoms with van der Waals surface area (Å²) in [7, 11) is 0. The largest absolute Gasteiger partial charge is 0.480 e. The van der Waals surface area contributed by atoms with E-state index in [0.29, 0.717) is 44.9 Å². The first-order chi connectivity index (χ1) is 69.9. The molecule has 6 saturated heterocycles. The molecular weight excluding hydrogens is 1910 g/mol. The molecular formula is C93H159N37O17. The third-order valence-corrected chi connectivity index (χ3v) is 27.0. The van der Waals surface area contributed by atoms with E-state index in [-0.39, 0.29) is 274 Å². The highest BCUT2D eigenvalue weighted by molar-refractivity contribution is 6.02. The molecule has 17 atom stereocenters. The number of carbonyl (C=O) groups excluding carboxylic acids is 15. The van der Waals surface area contributed by atoms with Crippen molar-refractivity contribution >= 4 is 136 Å². The number of aliphatic carboxylic acids is 1. The highest BCUT2D eigenvalue weighted by atomic mass is 16.4. The SMILES string of the molecule is CC[C@H](C)[C@H](NC(=O)[C@H](CCCNC(=N)N)NC(=O)[C@@H](N)Cc1ccccc1)C(=O)N[C@@H](CCCNC(=N)N)C(=O)N1CCC[C@H]1C(=O)N[C@@H](CCCNC(=N)N)C(=O)N1CCC[C@H]1C(=O)N1CCC[C@H]1C(=O)N[C@@H](CCCNC(=N)N)C(=O)N[C@@H](CC(C)C)C(=O)N1CCC[C@H]1C(=O)N[C@@H](CCCNC(=N)N)C(=O)N1CCC[C@H]1C(=O)N[C@@H](CCCNC(=N)N)C(=O)N1CCC[C@H]1C(=O)N[C@@H](CCCNC(=N)N)C(=O)O. The average molecular weight is 2070 g/mol. The van der Waals surface area contributed by atoms with Crippen molar-refractivity contribution in [3.8, 4) is 0 Å². The van der Waals surface area contributed by atoms with Crippen LogP contribution in [0.4, 0.5) is 0 Å². The average Bonchev–Trinajstić information content (AvgIpc) is 1.66. The Bertz CT molecular complexity index is 4750. The number of benzene rings is 1. The zero-order chi connectivity index (χ0) is 108. The summed E-state index contributed by atoms with van der Waals surface area (Å²) in [5, 5.41) is 108. The first kappa shape index (κ1) is 120. The van der Waals surface area contributed by atoms with Crippen LogP contribution in [0, 0.1) is 49.7 Å². The highest BCUT2D eigenvalue weighted by Crippen LogP contribution is 2.31. The maximum absolute atomic E-state index is 15.4. The molecule has 1 aromatic carbocycles. The van der Waals surface area contributed by atoms with E-state index in [2.05, 4.69) is 85.1 Å². The molecule has 6 heterocycles. The molecule has 1 aromatic rings. The van der Waals surface area contributed by atoms with E-state index in [0.717, 1.165) is 5.56 Å². The fourth-order valence-corrected chi connectivity index (χ4v) is 19.3. The lowest BCUT2D eigenvalue weighted by Gasteiger charge is -2.34. The molecule has 0 aromatic heterocycles. The van der Waals surface area contributed by atoms with Crippen molar-refractivity contribution in [2.75, 3.05) is 85.1 Å². The molecule has 0 saturated carbocycles. The molecule has 0 spiro atoms. The standard InChI is InChI=1S/C93H159N37O17/c1-5-53(4)70(124-73(133)57(25-10-38-110-88(97)98)116-71(131)55(94)51-54-22-7-6-8-23-54)79(139)121-61(29-14-42-114-92(105)106)82(142)126-45-17-32-65(126)76(136)120-60(28-13-41-113-91(103)104)83(143)130-49-21-36-69(130)85(145)129-48-20-35-68(129)74(134)117-56(24-9-37-109-87(95)96)72(132)123-63(50-52(2)3)84(144)128-47-19-33-66(128)77(137)119-58(26-11-39-111-89(99)100)80(140)125-44-16-31-64(125)75(135)118-59(27-12-40-112-90(101)102)81(141)127-46-18-34-67(127)78(138)122-62(86(146)147)30-15-43-115-93(107)108/h6-8,22-23,52-53,55-70H,5,9-21,24-51,94H2,1-4H3,(H,116,131)(H,117,134)(H,118,135)(H,119,137)(H,120,136)(H,121,139)(H,122,138)(H,123,132)(H,124,133)(H,146,147)(H4,95,96,109)(H4,97,98,110)(H4,99,100,111)(H4,101,102,112)(H4,103,104,113)(H4,105,106,114)(H4,107,108,115)/t53-,55-,56-,57-,58-,59-,60-,61-,62-,63-,64-,65-,66-,67-,68-,69-,70-/m0/s1. The van der Waals surface area contributed by atoms with Crippen LogP contribution in [0.15, 0.2) is 30.3 Å². The Balaban J connectivity index is 1.06. The molecule has 54 nitrogen and oxygen atoms in total. The fourth-order valence-electron chi connectivity index (χ4n) is 19.3. The maximum Gasteiger partial charge on any atom is 0.326 e. The molecule has 0 unspecified atom stereocenters. The van der Waals surface area contributed by atoms with E-state index >= 15 is 43.2 Å². The predicted octanol–water partition coefficient (Wildman–Crippen LogP) is -7.11. The van der Waals surface area contributed by atoms with Crippen molar-refractivity contribution in [3.63, 3.8) is 0 Å². The van der Waals surface area contributed by atoms with Crippen LogP contribution >= 0.6 is 0 Å². The first-order valence-electron chi connectivity index (χ1n) is 51.1. The number of guanidine groups is 7. The van der Waals surface area contributed by atoms with Crippen molar-refractivity contribution in [3.05, 3.63) is 35.9 Å². The summed E-state index contributed by atoms with van der Waals surface area (Å²) in [6, 6.07) is -11.3. The molecule has 7 rings (SSSR count). The summed E-state index contributed by atoms with van der Waals surface area (Å²) in [5.74, 6) is -15.5. The lowest BCUT2D eigenvalue weighted by Crippen LogP contribution is -2.61. The Labute approximate surface area is 855 Å². The van der Waals surface area contributed by atoms with Gasteiger partial charge in [-0.25, -0.2) is 4.79 Å². The van der Waals surface area contributed by atoms with Gasteiger partial charge in [0.25, 0.3) is 0 Å². The lowest BCUT2D eigenvalue weighted by molar-refractivity contribution is -0.148. The van der Waals surface area contributed by atoms with Gasteiger partial charge >= 0.3 is 5.97 Å². The first-order valence-corrected chi connectivity index (χ1v) is 51.1. The van der Waals surface area contributed by atoms with Crippen LogP contribution in [0.5, 0.6) is 0 Å². The van der Waals surface area contributed by atoms with Crippen LogP contribution in [0.1, 0.15) is 213 Å². The van der Waals surface area contributed by atoms with E-state index in [1.54, 1.807) is 52.0 Å². The normalized spacial score (nSPS) is 19.6. The van der Waals surface area contributed by atoms with Crippen molar-refractivity contribution < 1.29 is 81.8 Å². The van der Waals surface area contributed by atoms with Gasteiger partial charge in [-0.15, -0.1) is 0 Å². The van der Waals surface area contributed by atoms with Crippen LogP contribution < -0.4 is 131 Å². The highest BCUT2D eigenvalue weighted by Gasteiger charge is 2.49. The van der Waals surface area contributed by atoms with Crippen LogP contribution in [0.25, 0.3) is 0 Å². The van der Waals surface area contributed by atoms with Gasteiger partial charge < -0.3 is 165 Å². The Hall–Kier alpha value is -14.4. The van der Waals surface area contributed by atoms with E-state index < -0.39 is 197 Å². The third-order valence-electron chi connectivity index (χ3n) is 27.0. The molecule has 15 amide bonds. The number of likely N-dealkylation sites (tertiary alicyclic amines) is 6. The van der Waals surface area contributed by atoms with Gasteiger partial charge in [0.05, 0.1) is 6.04 Å². The van der Waals surface area contributed by atoms with E-state index in [1.807, 2.05) is 6.07 Å². The molecule has 6 aliphatic heterocycles. The molecule has 0 aliphatic carbocycles. The molecule has 0 bridgehead atoms. The number of carboxylic acids is 1. The number of nitrogens with one attached hydrogen (secondary N) is 23. The Morgan fingerprint density at radius 2 is 0.578 bits per heavy atom. The van der Waals surface area contributed by atoms with Crippen molar-refractivity contribution in [1.29, 1.82) is 37.9 Å². The lowest BCUT2D eigenvalue weighted by atomic mass is 9.96. The topological polar surface area (TPSA) is 880 Å². The number of rotatable bonds is 59. The zero-order valence-electron chi connectivity index (χ0n) is 84.8. The minimum atomic E-state index is -1.42. The smallest absolute Gasteiger partial charge is 0.326 e. The molecule has 818 valence electrons. The quantitative estimate of drug-likeness (QED) is 0.0164. The summed E-state index contributed by atoms with van der Waals surface area (Å²) >= 11 is 0. The van der Waals surface area contributed by atoms with Crippen molar-refractivity contribution in [2.45, 2.75) is 311 Å². The summed E-state index contributed by atoms with van der Waals surface area (Å²) in [4.78, 5) is 243. The summed E-state index contributed by atoms with van der Waals surface area (Å²) in [6.45, 7) is 7.97. The van der Waals surface area contributed by atoms with Gasteiger partial charge in [0, 0.05) is 85.1 Å². The van der Waals surface area contributed by atoms with Gasteiger partial charge in [-0.1, -0.05) is 64.4 Å². The van der Waals surface area contributed by atoms with Crippen molar-refractivity contribution in [1.82, 2.24) is 114 Å². The van der Waals surface area contributed by atoms with Gasteiger partial charge in [0.1, 0.15) is 90.6 Å². The van der Waals surface area contributed by atoms with E-state index in [4.69, 9.17) is 83.7 Å². The zero-order valence-corrected chi connectivity index (χ0v) is 84.8. The third kappa shape index (κ3) is 38.2. The van der Waals surface area contributed by atoms with Gasteiger partial charge in [-0.05, 0) is 197 Å². The van der Waals surface area contributed by atoms with Gasteiger partial charge in [0.2, 0.25) is 88.6 Å². The Morgan fingerprint density at radius 1 is 0.327 bits per heavy atom. The minimum Gasteiger partial charge on any atom is -0.480 e. The number of nitrogens with two attached hydrogens (primary N) is 8. The number of hydrogen-bond donors (Lipinski definition) is 32. The van der Waals surface area contributed by atoms with Gasteiger partial charge in [-0.3, -0.25) is 110 Å². The summed E-state index contributed by atoms with van der Waals surface area (Å²) in [6.07, 6.45) is 3.80. The second kappa shape index (κ2) is 60.5. The van der Waals surface area contributed by atoms with Crippen LogP contribution in [-0.2, 0) is 83.1 Å². The van der Waals surface area contributed by atoms with Crippen LogP contribution in [-0.4, -0.2) is 353 Å². The second-order valence-electron chi connectivity index (χ2n) is 38.6. The number of carboxylic acid groups (broad SMARTS) is 1. The molecule has 54 heteroatoms. The Morgan fingerprint density at radius 3 is 0.898 bits per heavy atom. The molecule has 40 N–H and O–H groups in total. The number of carbonyl (C=O) groups is 16. The second-order valence-corrected chi connectivity index (χ2v) is 38.6. The fraction of sp³-hybridized carbons (Fsp3) is 0.688. The van der Waals surface area contributed by atoms with E-state index in [1.165, 1.54) is 29.4 Å². The number of nitrogens with zero attached hydrogens (tertiary/aromatic N) is 6.